The minimum atomic E-state index is -4.47. The summed E-state index contributed by atoms with van der Waals surface area (Å²) in [4.78, 5) is 12.2. The number of carbonyl (C=O) groups is 1. The zero-order valence-corrected chi connectivity index (χ0v) is 16.4. The van der Waals surface area contributed by atoms with Crippen molar-refractivity contribution >= 4 is 33.2 Å². The predicted molar refractivity (Wildman–Crippen MR) is 103 cm³/mol. The lowest BCUT2D eigenvalue weighted by molar-refractivity contribution is -0.137. The van der Waals surface area contributed by atoms with E-state index in [1.165, 1.54) is 12.1 Å². The molecule has 1 saturated heterocycles. The Hall–Kier alpha value is -2.10. The van der Waals surface area contributed by atoms with Gasteiger partial charge in [-0.15, -0.1) is 0 Å². The van der Waals surface area contributed by atoms with Crippen LogP contribution in [-0.4, -0.2) is 24.7 Å². The Morgan fingerprint density at radius 3 is 2.54 bits per heavy atom. The molecule has 0 bridgehead atoms. The minimum Gasteiger partial charge on any atom is -0.379 e. The highest BCUT2D eigenvalue weighted by molar-refractivity contribution is 9.10. The summed E-state index contributed by atoms with van der Waals surface area (Å²) in [6.07, 6.45) is -4.01. The fraction of sp³-hybridized carbons (Fsp3) is 0.316. The maximum Gasteiger partial charge on any atom is 0.418 e. The fourth-order valence-corrected chi connectivity index (χ4v) is 3.20. The number of benzene rings is 2. The van der Waals surface area contributed by atoms with Gasteiger partial charge in [-0.2, -0.15) is 13.2 Å². The average Bonchev–Trinajstić information content (AvgIpc) is 3.09. The molecule has 28 heavy (non-hydrogen) atoms. The molecular weight excluding hydrogens is 439 g/mol. The number of hydrogen-bond acceptors (Lipinski definition) is 4. The molecule has 0 aromatic heterocycles. The molecule has 1 aliphatic rings. The standard InChI is InChI=1S/C19H19BrF3N3O2/c20-13-3-6-16(15(9-13)19(21,22)23)26-14-4-1-12(2-5-14)10-25-17(27)18(24)7-8-28-11-18/h1-6,9,26H,7-8,10-11,24H2,(H,25,27). The number of nitrogens with two attached hydrogens (primary N) is 1. The summed E-state index contributed by atoms with van der Waals surface area (Å²) in [5, 5.41) is 5.55. The van der Waals surface area contributed by atoms with Gasteiger partial charge in [0.2, 0.25) is 5.91 Å². The summed E-state index contributed by atoms with van der Waals surface area (Å²) >= 11 is 3.06. The van der Waals surface area contributed by atoms with E-state index in [-0.39, 0.29) is 24.7 Å². The summed E-state index contributed by atoms with van der Waals surface area (Å²) in [5.74, 6) is -0.281. The summed E-state index contributed by atoms with van der Waals surface area (Å²) in [6.45, 7) is 0.917. The Bertz CT molecular complexity index is 850. The van der Waals surface area contributed by atoms with Crippen LogP contribution in [-0.2, 0) is 22.3 Å². The van der Waals surface area contributed by atoms with Gasteiger partial charge in [0.05, 0.1) is 17.9 Å². The SMILES string of the molecule is NC1(C(=O)NCc2ccc(Nc3ccc(Br)cc3C(F)(F)F)cc2)CCOC1. The predicted octanol–water partition coefficient (Wildman–Crippen LogP) is 3.95. The van der Waals surface area contributed by atoms with Gasteiger partial charge in [-0.05, 0) is 42.3 Å². The molecule has 1 aliphatic heterocycles. The molecule has 4 N–H and O–H groups in total. The zero-order chi connectivity index (χ0) is 20.4. The molecule has 1 unspecified atom stereocenters. The summed E-state index contributed by atoms with van der Waals surface area (Å²) < 4.78 is 45.1. The van der Waals surface area contributed by atoms with Crippen LogP contribution < -0.4 is 16.4 Å². The number of ether oxygens (including phenoxy) is 1. The van der Waals surface area contributed by atoms with Crippen LogP contribution in [0.2, 0.25) is 0 Å². The number of amides is 1. The molecular formula is C19H19BrF3N3O2. The molecule has 3 rings (SSSR count). The van der Waals surface area contributed by atoms with Gasteiger partial charge in [-0.1, -0.05) is 28.1 Å². The minimum absolute atomic E-state index is 0.0388. The van der Waals surface area contributed by atoms with Crippen LogP contribution in [0.5, 0.6) is 0 Å². The first kappa shape index (κ1) is 20.6. The van der Waals surface area contributed by atoms with Gasteiger partial charge in [0.1, 0.15) is 5.54 Å². The number of alkyl halides is 3. The van der Waals surface area contributed by atoms with Crippen molar-refractivity contribution in [2.75, 3.05) is 18.5 Å². The lowest BCUT2D eigenvalue weighted by Gasteiger charge is -2.20. The maximum atomic E-state index is 13.2. The highest BCUT2D eigenvalue weighted by atomic mass is 79.9. The summed E-state index contributed by atoms with van der Waals surface area (Å²) in [5.41, 5.74) is 5.50. The highest BCUT2D eigenvalue weighted by Gasteiger charge is 2.38. The molecule has 1 heterocycles. The summed E-state index contributed by atoms with van der Waals surface area (Å²) in [6, 6.07) is 10.7. The molecule has 0 aliphatic carbocycles. The average molecular weight is 458 g/mol. The van der Waals surface area contributed by atoms with Crippen molar-refractivity contribution in [3.8, 4) is 0 Å². The molecule has 1 atom stereocenters. The van der Waals surface area contributed by atoms with E-state index in [0.717, 1.165) is 11.6 Å². The van der Waals surface area contributed by atoms with Crippen molar-refractivity contribution in [2.45, 2.75) is 24.7 Å². The van der Waals surface area contributed by atoms with Crippen molar-refractivity contribution in [1.82, 2.24) is 5.32 Å². The molecule has 2 aromatic rings. The molecule has 1 amide bonds. The number of nitrogens with one attached hydrogen (secondary N) is 2. The number of hydrogen-bond donors (Lipinski definition) is 3. The van der Waals surface area contributed by atoms with E-state index < -0.39 is 17.3 Å². The first-order valence-electron chi connectivity index (χ1n) is 8.55. The number of anilines is 2. The molecule has 9 heteroatoms. The van der Waals surface area contributed by atoms with Crippen LogP contribution in [0.1, 0.15) is 17.5 Å². The van der Waals surface area contributed by atoms with Gasteiger partial charge >= 0.3 is 6.18 Å². The van der Waals surface area contributed by atoms with Crippen LogP contribution in [0.4, 0.5) is 24.5 Å². The van der Waals surface area contributed by atoms with Gasteiger partial charge in [0.25, 0.3) is 0 Å². The van der Waals surface area contributed by atoms with Crippen LogP contribution in [0.25, 0.3) is 0 Å². The molecule has 2 aromatic carbocycles. The lowest BCUT2D eigenvalue weighted by Crippen LogP contribution is -2.54. The van der Waals surface area contributed by atoms with E-state index in [0.29, 0.717) is 23.2 Å². The smallest absolute Gasteiger partial charge is 0.379 e. The van der Waals surface area contributed by atoms with Gasteiger partial charge in [-0.3, -0.25) is 4.79 Å². The quantitative estimate of drug-likeness (QED) is 0.635. The topological polar surface area (TPSA) is 76.4 Å². The van der Waals surface area contributed by atoms with E-state index >= 15 is 0 Å². The Labute approximate surface area is 168 Å². The van der Waals surface area contributed by atoms with Crippen LogP contribution in [0.3, 0.4) is 0 Å². The van der Waals surface area contributed by atoms with E-state index in [2.05, 4.69) is 26.6 Å². The number of carbonyl (C=O) groups excluding carboxylic acids is 1. The Morgan fingerprint density at radius 2 is 1.93 bits per heavy atom. The second kappa shape index (κ2) is 8.10. The highest BCUT2D eigenvalue weighted by Crippen LogP contribution is 2.37. The molecule has 5 nitrogen and oxygen atoms in total. The third-order valence-electron chi connectivity index (χ3n) is 4.48. The lowest BCUT2D eigenvalue weighted by atomic mass is 9.99. The number of rotatable bonds is 5. The molecule has 0 saturated carbocycles. The van der Waals surface area contributed by atoms with Crippen LogP contribution in [0, 0.1) is 0 Å². The first-order chi connectivity index (χ1) is 13.2. The van der Waals surface area contributed by atoms with Crippen molar-refractivity contribution < 1.29 is 22.7 Å². The molecule has 0 spiro atoms. The molecule has 1 fully saturated rings. The largest absolute Gasteiger partial charge is 0.418 e. The van der Waals surface area contributed by atoms with Crippen molar-refractivity contribution in [3.05, 3.63) is 58.1 Å². The van der Waals surface area contributed by atoms with Gasteiger partial charge < -0.3 is 21.1 Å². The van der Waals surface area contributed by atoms with E-state index in [4.69, 9.17) is 10.5 Å². The van der Waals surface area contributed by atoms with Crippen molar-refractivity contribution in [2.24, 2.45) is 5.73 Å². The Kier molecular flexibility index (Phi) is 5.97. The van der Waals surface area contributed by atoms with Crippen LogP contribution in [0.15, 0.2) is 46.9 Å². The summed E-state index contributed by atoms with van der Waals surface area (Å²) in [7, 11) is 0. The monoisotopic (exact) mass is 457 g/mol. The van der Waals surface area contributed by atoms with Gasteiger partial charge in [-0.25, -0.2) is 0 Å². The fourth-order valence-electron chi connectivity index (χ4n) is 2.84. The maximum absolute atomic E-state index is 13.2. The van der Waals surface area contributed by atoms with Crippen molar-refractivity contribution in [3.63, 3.8) is 0 Å². The van der Waals surface area contributed by atoms with Gasteiger partial charge in [0, 0.05) is 23.3 Å². The zero-order valence-electron chi connectivity index (χ0n) is 14.8. The third-order valence-corrected chi connectivity index (χ3v) is 4.97. The van der Waals surface area contributed by atoms with E-state index in [1.54, 1.807) is 24.3 Å². The van der Waals surface area contributed by atoms with Crippen LogP contribution >= 0.6 is 15.9 Å². The second-order valence-corrected chi connectivity index (χ2v) is 7.57. The van der Waals surface area contributed by atoms with Crippen molar-refractivity contribution in [1.29, 1.82) is 0 Å². The van der Waals surface area contributed by atoms with Gasteiger partial charge in [0.15, 0.2) is 0 Å². The second-order valence-electron chi connectivity index (χ2n) is 6.65. The molecule has 150 valence electrons. The first-order valence-corrected chi connectivity index (χ1v) is 9.34. The Morgan fingerprint density at radius 1 is 1.21 bits per heavy atom. The van der Waals surface area contributed by atoms with E-state index in [1.807, 2.05) is 0 Å². The number of halogens is 4. The third kappa shape index (κ3) is 4.84. The normalized spacial score (nSPS) is 19.5. The van der Waals surface area contributed by atoms with E-state index in [9.17, 15) is 18.0 Å². The molecule has 0 radical (unpaired) electrons. The Balaban J connectivity index is 1.65.